The lowest BCUT2D eigenvalue weighted by Crippen LogP contribution is -2.32. The van der Waals surface area contributed by atoms with Gasteiger partial charge in [0.25, 0.3) is 0 Å². The van der Waals surface area contributed by atoms with E-state index in [4.69, 9.17) is 16.3 Å². The van der Waals surface area contributed by atoms with Crippen molar-refractivity contribution in [2.24, 2.45) is 0 Å². The molecule has 4 heteroatoms. The van der Waals surface area contributed by atoms with Gasteiger partial charge in [-0.3, -0.25) is 0 Å². The lowest BCUT2D eigenvalue weighted by molar-refractivity contribution is 0.100. The minimum absolute atomic E-state index is 0.493. The lowest BCUT2D eigenvalue weighted by atomic mass is 10.1. The molecule has 1 fully saturated rings. The maximum absolute atomic E-state index is 6.05. The van der Waals surface area contributed by atoms with Crippen molar-refractivity contribution in [2.45, 2.75) is 56.1 Å². The molecule has 1 aromatic rings. The first-order chi connectivity index (χ1) is 10.3. The molecule has 0 saturated carbocycles. The smallest absolute Gasteiger partial charge is 0.0576 e. The van der Waals surface area contributed by atoms with Crippen LogP contribution in [-0.2, 0) is 4.74 Å². The number of rotatable bonds is 9. The first-order valence-corrected chi connectivity index (χ1v) is 9.37. The van der Waals surface area contributed by atoms with E-state index in [9.17, 15) is 0 Å². The van der Waals surface area contributed by atoms with Gasteiger partial charge in [0.15, 0.2) is 0 Å². The van der Waals surface area contributed by atoms with E-state index < -0.39 is 0 Å². The van der Waals surface area contributed by atoms with Crippen LogP contribution in [0.4, 0.5) is 0 Å². The molecule has 2 nitrogen and oxygen atoms in total. The summed E-state index contributed by atoms with van der Waals surface area (Å²) in [5, 5.41) is 4.49. The molecule has 2 rings (SSSR count). The van der Waals surface area contributed by atoms with E-state index >= 15 is 0 Å². The number of halogens is 1. The van der Waals surface area contributed by atoms with E-state index in [-0.39, 0.29) is 0 Å². The van der Waals surface area contributed by atoms with Gasteiger partial charge in [-0.25, -0.2) is 0 Å². The van der Waals surface area contributed by atoms with E-state index in [0.29, 0.717) is 12.1 Å². The van der Waals surface area contributed by atoms with Crippen LogP contribution in [0.25, 0.3) is 0 Å². The second-order valence-corrected chi connectivity index (χ2v) is 7.16. The minimum atomic E-state index is 0.493. The summed E-state index contributed by atoms with van der Waals surface area (Å²) in [4.78, 5) is 1.25. The maximum Gasteiger partial charge on any atom is 0.0576 e. The molecule has 2 atom stereocenters. The Morgan fingerprint density at radius 1 is 1.48 bits per heavy atom. The highest BCUT2D eigenvalue weighted by Gasteiger charge is 2.17. The molecule has 1 N–H and O–H groups in total. The predicted octanol–water partition coefficient (Wildman–Crippen LogP) is 4.76. The van der Waals surface area contributed by atoms with Crippen LogP contribution in [0, 0.1) is 0 Å². The summed E-state index contributed by atoms with van der Waals surface area (Å²) >= 11 is 7.93. The zero-order valence-corrected chi connectivity index (χ0v) is 14.4. The first-order valence-electron chi connectivity index (χ1n) is 8.01. The first kappa shape index (κ1) is 17.1. The molecular weight excluding hydrogens is 302 g/mol. The molecule has 0 bridgehead atoms. The minimum Gasteiger partial charge on any atom is -0.378 e. The summed E-state index contributed by atoms with van der Waals surface area (Å²) in [5.41, 5.74) is 0. The van der Waals surface area contributed by atoms with Gasteiger partial charge in [0, 0.05) is 28.3 Å². The average molecular weight is 328 g/mol. The third-order valence-electron chi connectivity index (χ3n) is 3.79. The largest absolute Gasteiger partial charge is 0.378 e. The van der Waals surface area contributed by atoms with Gasteiger partial charge in [-0.15, -0.1) is 11.8 Å². The van der Waals surface area contributed by atoms with Gasteiger partial charge in [-0.1, -0.05) is 24.6 Å². The highest BCUT2D eigenvalue weighted by atomic mass is 35.5. The highest BCUT2D eigenvalue weighted by molar-refractivity contribution is 7.99. The van der Waals surface area contributed by atoms with Gasteiger partial charge in [-0.2, -0.15) is 0 Å². The summed E-state index contributed by atoms with van der Waals surface area (Å²) in [5.74, 6) is 1.09. The summed E-state index contributed by atoms with van der Waals surface area (Å²) in [6.45, 7) is 4.26. The maximum atomic E-state index is 6.05. The molecule has 1 aliphatic heterocycles. The summed E-state index contributed by atoms with van der Waals surface area (Å²) < 4.78 is 5.73. The van der Waals surface area contributed by atoms with Gasteiger partial charge in [-0.05, 0) is 56.8 Å². The Labute approximate surface area is 138 Å². The summed E-state index contributed by atoms with van der Waals surface area (Å²) in [6.07, 6.45) is 6.51. The lowest BCUT2D eigenvalue weighted by Gasteiger charge is -2.20. The highest BCUT2D eigenvalue weighted by Crippen LogP contribution is 2.24. The third-order valence-corrected chi connectivity index (χ3v) is 5.18. The van der Waals surface area contributed by atoms with Crippen molar-refractivity contribution < 1.29 is 4.74 Å². The van der Waals surface area contributed by atoms with Crippen LogP contribution in [-0.4, -0.2) is 31.1 Å². The second kappa shape index (κ2) is 9.73. The van der Waals surface area contributed by atoms with Crippen molar-refractivity contribution in [1.29, 1.82) is 0 Å². The zero-order valence-electron chi connectivity index (χ0n) is 12.8. The van der Waals surface area contributed by atoms with Crippen molar-refractivity contribution in [2.75, 3.05) is 18.9 Å². The monoisotopic (exact) mass is 327 g/mol. The fraction of sp³-hybridized carbons (Fsp3) is 0.647. The van der Waals surface area contributed by atoms with Crippen molar-refractivity contribution in [1.82, 2.24) is 5.32 Å². The van der Waals surface area contributed by atoms with Crippen molar-refractivity contribution in [3.05, 3.63) is 29.3 Å². The van der Waals surface area contributed by atoms with Crippen LogP contribution in [0.2, 0.25) is 5.02 Å². The standard InChI is InChI=1S/C17H26ClNOS/c1-2-10-19-15(8-9-16-6-4-11-20-16)13-21-17-7-3-5-14(18)12-17/h3,5,7,12,15-16,19H,2,4,6,8-11,13H2,1H3. The van der Waals surface area contributed by atoms with Gasteiger partial charge in [0.1, 0.15) is 0 Å². The fourth-order valence-corrected chi connectivity index (χ4v) is 3.92. The number of ether oxygens (including phenoxy) is 1. The average Bonchev–Trinajstić information content (AvgIpc) is 3.00. The Bertz CT molecular complexity index is 410. The molecule has 118 valence electrons. The van der Waals surface area contributed by atoms with E-state index in [1.165, 1.54) is 37.0 Å². The molecule has 0 amide bonds. The molecule has 2 unspecified atom stereocenters. The molecule has 21 heavy (non-hydrogen) atoms. The number of benzene rings is 1. The van der Waals surface area contributed by atoms with Crippen LogP contribution in [0.15, 0.2) is 29.2 Å². The van der Waals surface area contributed by atoms with Gasteiger partial charge < -0.3 is 10.1 Å². The van der Waals surface area contributed by atoms with Crippen molar-refractivity contribution >= 4 is 23.4 Å². The number of nitrogens with one attached hydrogen (secondary N) is 1. The Hall–Kier alpha value is -0.220. The van der Waals surface area contributed by atoms with Crippen molar-refractivity contribution in [3.8, 4) is 0 Å². The molecule has 1 saturated heterocycles. The van der Waals surface area contributed by atoms with Crippen molar-refractivity contribution in [3.63, 3.8) is 0 Å². The van der Waals surface area contributed by atoms with Crippen LogP contribution in [0.1, 0.15) is 39.0 Å². The zero-order chi connectivity index (χ0) is 14.9. The fourth-order valence-electron chi connectivity index (χ4n) is 2.61. The van der Waals surface area contributed by atoms with Crippen LogP contribution in [0.5, 0.6) is 0 Å². The van der Waals surface area contributed by atoms with Gasteiger partial charge in [0.2, 0.25) is 0 Å². The Balaban J connectivity index is 1.77. The Kier molecular flexibility index (Phi) is 7.94. The topological polar surface area (TPSA) is 21.3 Å². The van der Waals surface area contributed by atoms with Gasteiger partial charge in [0.05, 0.1) is 6.10 Å². The molecule has 0 aromatic heterocycles. The van der Waals surface area contributed by atoms with E-state index in [1.54, 1.807) is 0 Å². The Morgan fingerprint density at radius 3 is 3.10 bits per heavy atom. The molecule has 0 aliphatic carbocycles. The molecule has 1 aliphatic rings. The molecule has 0 radical (unpaired) electrons. The van der Waals surface area contributed by atoms with E-state index in [1.807, 2.05) is 30.0 Å². The Morgan fingerprint density at radius 2 is 2.38 bits per heavy atom. The van der Waals surface area contributed by atoms with Gasteiger partial charge >= 0.3 is 0 Å². The normalized spacial score (nSPS) is 19.8. The number of hydrogen-bond acceptors (Lipinski definition) is 3. The molecular formula is C17H26ClNOS. The quantitative estimate of drug-likeness (QED) is 0.661. The van der Waals surface area contributed by atoms with Crippen LogP contribution < -0.4 is 5.32 Å². The van der Waals surface area contributed by atoms with Crippen LogP contribution in [0.3, 0.4) is 0 Å². The summed E-state index contributed by atoms with van der Waals surface area (Å²) in [6, 6.07) is 8.68. The second-order valence-electron chi connectivity index (χ2n) is 5.63. The van der Waals surface area contributed by atoms with Crippen LogP contribution >= 0.6 is 23.4 Å². The van der Waals surface area contributed by atoms with E-state index in [0.717, 1.165) is 23.9 Å². The summed E-state index contributed by atoms with van der Waals surface area (Å²) in [7, 11) is 0. The predicted molar refractivity (Wildman–Crippen MR) is 92.5 cm³/mol. The number of thioether (sulfide) groups is 1. The molecule has 1 heterocycles. The number of hydrogen-bond donors (Lipinski definition) is 1. The molecule has 0 spiro atoms. The third kappa shape index (κ3) is 6.60. The van der Waals surface area contributed by atoms with E-state index in [2.05, 4.69) is 18.3 Å². The SMILES string of the molecule is CCCNC(CCC1CCCO1)CSc1cccc(Cl)c1. The molecule has 1 aromatic carbocycles.